The summed E-state index contributed by atoms with van der Waals surface area (Å²) in [4.78, 5) is 9.22. The molecule has 24 valence electrons. The molecule has 0 aromatic carbocycles. The van der Waals surface area contributed by atoms with E-state index >= 15 is 0 Å². The second-order valence-corrected chi connectivity index (χ2v) is 3.35. The van der Waals surface area contributed by atoms with Crippen molar-refractivity contribution in [2.45, 2.75) is 0 Å². The van der Waals surface area contributed by atoms with E-state index in [1.165, 1.54) is 0 Å². The molecule has 0 unspecified atom stereocenters. The van der Waals surface area contributed by atoms with Crippen molar-refractivity contribution in [3.63, 3.8) is 0 Å². The SMILES string of the molecule is [O-]P(=S)=S. The van der Waals surface area contributed by atoms with Crippen molar-refractivity contribution in [3.05, 3.63) is 0 Å². The summed E-state index contributed by atoms with van der Waals surface area (Å²) in [6.45, 7) is 0. The van der Waals surface area contributed by atoms with Gasteiger partial charge in [-0.05, 0) is 0 Å². The maximum absolute atomic E-state index is 9.22. The molecule has 0 aliphatic carbocycles. The normalized spacial score (nSPS) is 6.25. The van der Waals surface area contributed by atoms with Crippen LogP contribution in [-0.2, 0) is 23.6 Å². The van der Waals surface area contributed by atoms with E-state index in [1.807, 2.05) is 0 Å². The van der Waals surface area contributed by atoms with E-state index in [9.17, 15) is 4.89 Å². The second kappa shape index (κ2) is 1.97. The standard InChI is InChI=1S/HOPS2/c1-2(3)4/h(H,1,3,4)/p-1. The summed E-state index contributed by atoms with van der Waals surface area (Å²) in [6, 6.07) is 0. The van der Waals surface area contributed by atoms with Crippen molar-refractivity contribution < 1.29 is 4.89 Å². The summed E-state index contributed by atoms with van der Waals surface area (Å²) in [7, 11) is 0. The van der Waals surface area contributed by atoms with Gasteiger partial charge in [-0.1, -0.05) is 29.3 Å². The lowest BCUT2D eigenvalue weighted by atomic mass is 15.9. The predicted octanol–water partition coefficient (Wildman–Crippen LogP) is -0.333. The Labute approximate surface area is 34.8 Å². The number of hydrogen-bond donors (Lipinski definition) is 0. The van der Waals surface area contributed by atoms with Gasteiger partial charge in [0.05, 0.1) is 0 Å². The van der Waals surface area contributed by atoms with Gasteiger partial charge in [-0.15, -0.1) is 0 Å². The van der Waals surface area contributed by atoms with E-state index < -0.39 is 5.70 Å². The van der Waals surface area contributed by atoms with Crippen molar-refractivity contribution in [2.75, 3.05) is 0 Å². The molecule has 4 heavy (non-hydrogen) atoms. The first-order valence-corrected chi connectivity index (χ1v) is 3.83. The minimum atomic E-state index is -1.70. The minimum absolute atomic E-state index is 1.70. The molecule has 0 heterocycles. The summed E-state index contributed by atoms with van der Waals surface area (Å²) in [6.07, 6.45) is 0. The molecule has 0 N–H and O–H groups in total. The van der Waals surface area contributed by atoms with Crippen LogP contribution >= 0.6 is 5.70 Å². The van der Waals surface area contributed by atoms with Crippen LogP contribution in [0.15, 0.2) is 0 Å². The lowest BCUT2D eigenvalue weighted by Gasteiger charge is -1.73. The maximum atomic E-state index is 9.22. The molecule has 0 aliphatic heterocycles. The quantitative estimate of drug-likeness (QED) is 0.400. The third-order valence-corrected chi connectivity index (χ3v) is 0. The third-order valence-electron chi connectivity index (χ3n) is 0. The van der Waals surface area contributed by atoms with Crippen molar-refractivity contribution in [2.24, 2.45) is 0 Å². The molecule has 0 atom stereocenters. The van der Waals surface area contributed by atoms with Crippen LogP contribution < -0.4 is 4.89 Å². The third kappa shape index (κ3) is 15.9. The van der Waals surface area contributed by atoms with Gasteiger partial charge >= 0.3 is 0 Å². The molecule has 1 nitrogen and oxygen atoms in total. The first-order valence-electron chi connectivity index (χ1n) is 0.548. The summed E-state index contributed by atoms with van der Waals surface area (Å²) in [5.41, 5.74) is -1.70. The zero-order valence-corrected chi connectivity index (χ0v) is 4.20. The summed E-state index contributed by atoms with van der Waals surface area (Å²) in [5.74, 6) is 0. The first kappa shape index (κ1) is 4.70. The number of rotatable bonds is 0. The largest absolute Gasteiger partial charge is 0.791 e. The highest BCUT2D eigenvalue weighted by Crippen LogP contribution is 1.77. The van der Waals surface area contributed by atoms with E-state index in [0.29, 0.717) is 0 Å². The lowest BCUT2D eigenvalue weighted by molar-refractivity contribution is -0.144. The van der Waals surface area contributed by atoms with E-state index in [0.717, 1.165) is 0 Å². The van der Waals surface area contributed by atoms with Gasteiger partial charge in [0, 0.05) is 0 Å². The molecule has 0 aliphatic rings. The van der Waals surface area contributed by atoms with Crippen molar-refractivity contribution in [1.29, 1.82) is 0 Å². The highest BCUT2D eigenvalue weighted by molar-refractivity contribution is 8.22. The van der Waals surface area contributed by atoms with E-state index in [1.54, 1.807) is 0 Å². The molecule has 0 radical (unpaired) electrons. The van der Waals surface area contributed by atoms with Crippen LogP contribution in [0.3, 0.4) is 0 Å². The Morgan fingerprint density at radius 3 is 1.50 bits per heavy atom. The fraction of sp³-hybridized carbons (Fsp3) is 0. The molecule has 0 saturated heterocycles. The van der Waals surface area contributed by atoms with Gasteiger partial charge in [0.15, 0.2) is 0 Å². The summed E-state index contributed by atoms with van der Waals surface area (Å²) in [5, 5.41) is 0. The Hall–Kier alpha value is 0.700. The molecular formula is OPS2-. The fourth-order valence-corrected chi connectivity index (χ4v) is 0. The van der Waals surface area contributed by atoms with Crippen LogP contribution in [0.25, 0.3) is 0 Å². The summed E-state index contributed by atoms with van der Waals surface area (Å²) < 4.78 is 0. The molecule has 4 heteroatoms. The molecule has 0 spiro atoms. The predicted molar refractivity (Wildman–Crippen MR) is 21.6 cm³/mol. The molecular weight excluding hydrogens is 111 g/mol. The Morgan fingerprint density at radius 2 is 1.50 bits per heavy atom. The fourth-order valence-electron chi connectivity index (χ4n) is 0. The van der Waals surface area contributed by atoms with Crippen molar-refractivity contribution >= 4 is 29.3 Å². The van der Waals surface area contributed by atoms with Gasteiger partial charge < -0.3 is 4.89 Å². The van der Waals surface area contributed by atoms with Gasteiger partial charge in [0.25, 0.3) is 0 Å². The van der Waals surface area contributed by atoms with Gasteiger partial charge in [-0.2, -0.15) is 0 Å². The smallest absolute Gasteiger partial charge is 0.0676 e. The monoisotopic (exact) mass is 111 g/mol. The molecule has 0 saturated carbocycles. The Bertz CT molecular complexity index is 54.4. The maximum Gasteiger partial charge on any atom is -0.0676 e. The van der Waals surface area contributed by atoms with Gasteiger partial charge in [-0.3, -0.25) is 0 Å². The van der Waals surface area contributed by atoms with Crippen LogP contribution in [0.4, 0.5) is 0 Å². The zero-order valence-electron chi connectivity index (χ0n) is 1.67. The molecule has 0 aromatic heterocycles. The van der Waals surface area contributed by atoms with Crippen LogP contribution in [0, 0.1) is 0 Å². The van der Waals surface area contributed by atoms with Crippen LogP contribution in [-0.4, -0.2) is 0 Å². The molecule has 0 rings (SSSR count). The van der Waals surface area contributed by atoms with Crippen molar-refractivity contribution in [1.82, 2.24) is 0 Å². The van der Waals surface area contributed by atoms with Gasteiger partial charge in [0.1, 0.15) is 0 Å². The zero-order chi connectivity index (χ0) is 3.58. The van der Waals surface area contributed by atoms with Crippen LogP contribution in [0.5, 0.6) is 0 Å². The van der Waals surface area contributed by atoms with Gasteiger partial charge in [-0.25, -0.2) is 0 Å². The van der Waals surface area contributed by atoms with Crippen molar-refractivity contribution in [3.8, 4) is 0 Å². The Morgan fingerprint density at radius 1 is 1.50 bits per heavy atom. The van der Waals surface area contributed by atoms with Crippen LogP contribution in [0.1, 0.15) is 0 Å². The first-order chi connectivity index (χ1) is 1.73. The molecule has 0 aromatic rings. The molecule has 0 fully saturated rings. The summed E-state index contributed by atoms with van der Waals surface area (Å²) >= 11 is 7.89. The topological polar surface area (TPSA) is 23.1 Å². The van der Waals surface area contributed by atoms with Crippen LogP contribution in [0.2, 0.25) is 0 Å². The second-order valence-electron chi connectivity index (χ2n) is 0.224. The molecule has 0 bridgehead atoms. The van der Waals surface area contributed by atoms with Gasteiger partial charge in [0.2, 0.25) is 0 Å². The minimum Gasteiger partial charge on any atom is -0.791 e. The Kier molecular flexibility index (Phi) is 2.32. The average molecular weight is 111 g/mol. The highest BCUT2D eigenvalue weighted by Gasteiger charge is 1.21. The van der Waals surface area contributed by atoms with E-state index in [4.69, 9.17) is 0 Å². The number of hydrogen-bond acceptors (Lipinski definition) is 3. The average Bonchev–Trinajstić information content (AvgIpc) is 0.811. The van der Waals surface area contributed by atoms with E-state index in [-0.39, 0.29) is 0 Å². The Balaban J connectivity index is 3.51. The lowest BCUT2D eigenvalue weighted by Crippen LogP contribution is -1.70. The molecule has 0 amide bonds. The highest BCUT2D eigenvalue weighted by atomic mass is 32.7. The van der Waals surface area contributed by atoms with E-state index in [2.05, 4.69) is 23.6 Å².